The molecule has 0 amide bonds. The van der Waals surface area contributed by atoms with Crippen LogP contribution in [0.15, 0.2) is 23.2 Å². The fourth-order valence-electron chi connectivity index (χ4n) is 3.78. The van der Waals surface area contributed by atoms with Gasteiger partial charge in [-0.05, 0) is 58.3 Å². The number of allylic oxidation sites excluding steroid dienone is 3. The van der Waals surface area contributed by atoms with Crippen LogP contribution >= 0.6 is 0 Å². The zero-order chi connectivity index (χ0) is 16.8. The molecule has 2 atom stereocenters. The number of ether oxygens (including phenoxy) is 1. The average Bonchev–Trinajstić information content (AvgIpc) is 2.73. The van der Waals surface area contributed by atoms with Crippen LogP contribution in [0.25, 0.3) is 0 Å². The molecule has 4 nitrogen and oxygen atoms in total. The number of methoxy groups -OCH3 is 1. The van der Waals surface area contributed by atoms with Gasteiger partial charge in [-0.2, -0.15) is 0 Å². The van der Waals surface area contributed by atoms with Gasteiger partial charge in [-0.15, -0.1) is 0 Å². The van der Waals surface area contributed by atoms with Gasteiger partial charge in [0.1, 0.15) is 0 Å². The number of carbonyl (C=O) groups excluding carboxylic acids is 1. The Hall–Kier alpha value is -1.07. The lowest BCUT2D eigenvalue weighted by Gasteiger charge is -2.34. The minimum atomic E-state index is -0.316. The standard InChI is InChI=1S/C18H27BO4/c1-17(2)18(3,4)23-19(22-17)13-9-10-14-12(11-13)7-6-8-15(14)16(20)21-5/h9-10,12,15H,6-8,11H2,1-5H3. The second-order valence-corrected chi connectivity index (χ2v) is 7.90. The largest absolute Gasteiger partial charge is 0.490 e. The molecule has 1 heterocycles. The number of fused-ring (bicyclic) bond motifs is 1. The summed E-state index contributed by atoms with van der Waals surface area (Å²) in [6.07, 6.45) is 8.20. The SMILES string of the molecule is COC(=O)C1CCCC2CC(B3OC(C)(C)C(C)(C)O3)=CC=C21. The van der Waals surface area contributed by atoms with Crippen molar-refractivity contribution >= 4 is 13.1 Å². The van der Waals surface area contributed by atoms with Crippen molar-refractivity contribution in [1.29, 1.82) is 0 Å². The second-order valence-electron chi connectivity index (χ2n) is 7.90. The van der Waals surface area contributed by atoms with E-state index >= 15 is 0 Å². The highest BCUT2D eigenvalue weighted by Crippen LogP contribution is 2.44. The monoisotopic (exact) mass is 318 g/mol. The predicted molar refractivity (Wildman–Crippen MR) is 89.7 cm³/mol. The summed E-state index contributed by atoms with van der Waals surface area (Å²) in [5.74, 6) is 0.232. The number of hydrogen-bond donors (Lipinski definition) is 0. The molecular formula is C18H27BO4. The molecule has 3 rings (SSSR count). The van der Waals surface area contributed by atoms with Crippen LogP contribution < -0.4 is 0 Å². The Labute approximate surface area is 139 Å². The lowest BCUT2D eigenvalue weighted by atomic mass is 9.64. The maximum absolute atomic E-state index is 12.0. The van der Waals surface area contributed by atoms with Gasteiger partial charge in [0.2, 0.25) is 0 Å². The van der Waals surface area contributed by atoms with Crippen LogP contribution in [0, 0.1) is 11.8 Å². The molecule has 23 heavy (non-hydrogen) atoms. The minimum Gasteiger partial charge on any atom is -0.469 e. The minimum absolute atomic E-state index is 0.0742. The Bertz CT molecular complexity index is 545. The first-order valence-electron chi connectivity index (χ1n) is 8.59. The van der Waals surface area contributed by atoms with Crippen LogP contribution in [0.4, 0.5) is 0 Å². The molecule has 1 saturated heterocycles. The molecule has 2 aliphatic carbocycles. The van der Waals surface area contributed by atoms with Crippen molar-refractivity contribution in [3.63, 3.8) is 0 Å². The van der Waals surface area contributed by atoms with Gasteiger partial charge in [0.15, 0.2) is 0 Å². The van der Waals surface area contributed by atoms with Crippen LogP contribution in [-0.4, -0.2) is 31.4 Å². The summed E-state index contributed by atoms with van der Waals surface area (Å²) in [5, 5.41) is 0. The van der Waals surface area contributed by atoms with E-state index in [4.69, 9.17) is 14.0 Å². The highest BCUT2D eigenvalue weighted by molar-refractivity contribution is 6.54. The summed E-state index contributed by atoms with van der Waals surface area (Å²) in [7, 11) is 1.19. The lowest BCUT2D eigenvalue weighted by molar-refractivity contribution is -0.145. The first kappa shape index (κ1) is 16.8. The maximum atomic E-state index is 12.0. The summed E-state index contributed by atoms with van der Waals surface area (Å²) in [5.41, 5.74) is 1.78. The number of hydrogen-bond acceptors (Lipinski definition) is 4. The van der Waals surface area contributed by atoms with Gasteiger partial charge in [-0.1, -0.05) is 24.1 Å². The van der Waals surface area contributed by atoms with E-state index in [1.807, 2.05) is 0 Å². The van der Waals surface area contributed by atoms with E-state index in [0.717, 1.165) is 25.7 Å². The molecule has 0 radical (unpaired) electrons. The first-order valence-corrected chi connectivity index (χ1v) is 8.59. The topological polar surface area (TPSA) is 44.8 Å². The van der Waals surface area contributed by atoms with Gasteiger partial charge >= 0.3 is 13.1 Å². The zero-order valence-electron chi connectivity index (χ0n) is 14.8. The summed E-state index contributed by atoms with van der Waals surface area (Å²) in [6.45, 7) is 8.30. The molecular weight excluding hydrogens is 291 g/mol. The van der Waals surface area contributed by atoms with Crippen LogP contribution in [0.1, 0.15) is 53.4 Å². The van der Waals surface area contributed by atoms with Gasteiger partial charge < -0.3 is 14.0 Å². The van der Waals surface area contributed by atoms with Crippen molar-refractivity contribution in [2.24, 2.45) is 11.8 Å². The molecule has 3 aliphatic rings. The molecule has 0 bridgehead atoms. The fourth-order valence-corrected chi connectivity index (χ4v) is 3.78. The molecule has 1 saturated carbocycles. The van der Waals surface area contributed by atoms with Crippen molar-refractivity contribution in [1.82, 2.24) is 0 Å². The quantitative estimate of drug-likeness (QED) is 0.578. The Morgan fingerprint density at radius 1 is 1.17 bits per heavy atom. The van der Waals surface area contributed by atoms with Crippen molar-refractivity contribution in [2.45, 2.75) is 64.6 Å². The van der Waals surface area contributed by atoms with Gasteiger partial charge in [-0.3, -0.25) is 4.79 Å². The van der Waals surface area contributed by atoms with Crippen molar-refractivity contribution in [3.05, 3.63) is 23.2 Å². The van der Waals surface area contributed by atoms with Gasteiger partial charge in [-0.25, -0.2) is 0 Å². The number of carbonyl (C=O) groups is 1. The molecule has 2 unspecified atom stereocenters. The highest BCUT2D eigenvalue weighted by Gasteiger charge is 2.53. The summed E-state index contributed by atoms with van der Waals surface area (Å²) >= 11 is 0. The van der Waals surface area contributed by atoms with Gasteiger partial charge in [0.05, 0.1) is 24.2 Å². The molecule has 2 fully saturated rings. The van der Waals surface area contributed by atoms with E-state index < -0.39 is 0 Å². The fraction of sp³-hybridized carbons (Fsp3) is 0.722. The normalized spacial score (nSPS) is 32.0. The third kappa shape index (κ3) is 2.89. The smallest absolute Gasteiger partial charge is 0.469 e. The van der Waals surface area contributed by atoms with Crippen molar-refractivity contribution in [3.8, 4) is 0 Å². The van der Waals surface area contributed by atoms with Crippen molar-refractivity contribution in [2.75, 3.05) is 7.11 Å². The zero-order valence-corrected chi connectivity index (χ0v) is 14.8. The lowest BCUT2D eigenvalue weighted by Crippen LogP contribution is -2.41. The van der Waals surface area contributed by atoms with E-state index in [2.05, 4.69) is 39.8 Å². The highest BCUT2D eigenvalue weighted by atomic mass is 16.7. The molecule has 5 heteroatoms. The third-order valence-corrected chi connectivity index (χ3v) is 5.93. The second kappa shape index (κ2) is 5.78. The van der Waals surface area contributed by atoms with E-state index in [9.17, 15) is 4.79 Å². The van der Waals surface area contributed by atoms with E-state index in [1.54, 1.807) is 0 Å². The summed E-state index contributed by atoms with van der Waals surface area (Å²) in [4.78, 5) is 12.0. The van der Waals surface area contributed by atoms with Crippen LogP contribution in [0.5, 0.6) is 0 Å². The third-order valence-electron chi connectivity index (χ3n) is 5.93. The van der Waals surface area contributed by atoms with Crippen molar-refractivity contribution < 1.29 is 18.8 Å². The van der Waals surface area contributed by atoms with Gasteiger partial charge in [0, 0.05) is 0 Å². The number of rotatable bonds is 2. The molecule has 0 aromatic heterocycles. The average molecular weight is 318 g/mol. The van der Waals surface area contributed by atoms with Crippen LogP contribution in [0.2, 0.25) is 0 Å². The van der Waals surface area contributed by atoms with E-state index in [1.165, 1.54) is 18.2 Å². The molecule has 126 valence electrons. The first-order chi connectivity index (χ1) is 10.7. The molecule has 0 aromatic rings. The predicted octanol–water partition coefficient (Wildman–Crippen LogP) is 3.46. The summed E-state index contributed by atoms with van der Waals surface area (Å²) in [6, 6.07) is 0. The van der Waals surface area contributed by atoms with E-state index in [-0.39, 0.29) is 30.2 Å². The summed E-state index contributed by atoms with van der Waals surface area (Å²) < 4.78 is 17.3. The Morgan fingerprint density at radius 3 is 2.43 bits per heavy atom. The maximum Gasteiger partial charge on any atom is 0.490 e. The molecule has 0 spiro atoms. The molecule has 0 N–H and O–H groups in total. The van der Waals surface area contributed by atoms with Crippen LogP contribution in [-0.2, 0) is 18.8 Å². The molecule has 1 aliphatic heterocycles. The van der Waals surface area contributed by atoms with E-state index in [0.29, 0.717) is 5.92 Å². The van der Waals surface area contributed by atoms with Gasteiger partial charge in [0.25, 0.3) is 0 Å². The Morgan fingerprint density at radius 2 is 1.83 bits per heavy atom. The molecule has 0 aromatic carbocycles. The Balaban J connectivity index is 1.81. The number of esters is 1. The van der Waals surface area contributed by atoms with Crippen LogP contribution in [0.3, 0.4) is 0 Å². The Kier molecular flexibility index (Phi) is 4.22.